The molecule has 78 valence electrons. The summed E-state index contributed by atoms with van der Waals surface area (Å²) in [6.45, 7) is 4.81. The van der Waals surface area contributed by atoms with Gasteiger partial charge in [-0.1, -0.05) is 18.7 Å². The molecule has 1 aromatic heterocycles. The highest BCUT2D eigenvalue weighted by atomic mass is 32.2. The molecule has 2 atom stereocenters. The lowest BCUT2D eigenvalue weighted by atomic mass is 10.3. The third-order valence-corrected chi connectivity index (χ3v) is 3.56. The summed E-state index contributed by atoms with van der Waals surface area (Å²) in [5, 5.41) is 9.59. The van der Waals surface area contributed by atoms with E-state index in [0.29, 0.717) is 17.9 Å². The summed E-state index contributed by atoms with van der Waals surface area (Å²) in [4.78, 5) is 0. The summed E-state index contributed by atoms with van der Waals surface area (Å²) in [6, 6.07) is 0.416. The zero-order valence-corrected chi connectivity index (χ0v) is 9.34. The highest BCUT2D eigenvalue weighted by Crippen LogP contribution is 2.28. The Morgan fingerprint density at radius 3 is 3.00 bits per heavy atom. The number of ether oxygens (including phenoxy) is 1. The van der Waals surface area contributed by atoms with Crippen molar-refractivity contribution in [1.29, 1.82) is 0 Å². The predicted molar refractivity (Wildman–Crippen MR) is 54.9 cm³/mol. The molecule has 2 unspecified atom stereocenters. The van der Waals surface area contributed by atoms with Crippen LogP contribution in [-0.4, -0.2) is 33.3 Å². The van der Waals surface area contributed by atoms with Gasteiger partial charge < -0.3 is 10.2 Å². The molecule has 0 aromatic carbocycles. The van der Waals surface area contributed by atoms with Crippen LogP contribution in [0.1, 0.15) is 19.7 Å². The smallest absolute Gasteiger partial charge is 0.210 e. The molecule has 1 aliphatic heterocycles. The first-order valence-electron chi connectivity index (χ1n) is 4.59. The fourth-order valence-electron chi connectivity index (χ4n) is 1.31. The topological polar surface area (TPSA) is 52.0 Å². The summed E-state index contributed by atoms with van der Waals surface area (Å²) >= 11 is 1.74. The lowest BCUT2D eigenvalue weighted by Crippen LogP contribution is -2.38. The summed E-state index contributed by atoms with van der Waals surface area (Å²) in [7, 11) is 1.66. The third kappa shape index (κ3) is 1.59. The van der Waals surface area contributed by atoms with Crippen molar-refractivity contribution in [1.82, 2.24) is 14.9 Å². The van der Waals surface area contributed by atoms with Crippen molar-refractivity contribution in [3.63, 3.8) is 0 Å². The van der Waals surface area contributed by atoms with Gasteiger partial charge in [0.15, 0.2) is 5.82 Å². The van der Waals surface area contributed by atoms with Crippen LogP contribution in [0.15, 0.2) is 5.16 Å². The Labute approximate surface area is 87.2 Å². The molecular weight excluding hydrogens is 200 g/mol. The van der Waals surface area contributed by atoms with Crippen LogP contribution >= 0.6 is 11.8 Å². The van der Waals surface area contributed by atoms with E-state index in [0.717, 1.165) is 11.0 Å². The Bertz CT molecular complexity index is 314. The standard InChI is InChI=1S/C8H14N4OS/c1-5-6(2)14-8-10-9-7(4-13-3)12(8)11-5/h5-6,11H,4H2,1-3H3. The minimum absolute atomic E-state index is 0.416. The van der Waals surface area contributed by atoms with E-state index in [4.69, 9.17) is 4.74 Å². The van der Waals surface area contributed by atoms with Gasteiger partial charge in [-0.2, -0.15) is 0 Å². The molecule has 5 nitrogen and oxygen atoms in total. The molecule has 2 rings (SSSR count). The lowest BCUT2D eigenvalue weighted by molar-refractivity contribution is 0.174. The number of fused-ring (bicyclic) bond motifs is 1. The Hall–Kier alpha value is -0.750. The van der Waals surface area contributed by atoms with Gasteiger partial charge in [0.25, 0.3) is 0 Å². The van der Waals surface area contributed by atoms with Crippen molar-refractivity contribution in [2.24, 2.45) is 0 Å². The molecule has 1 aliphatic rings. The molecule has 14 heavy (non-hydrogen) atoms. The molecule has 0 radical (unpaired) electrons. The second-order valence-electron chi connectivity index (χ2n) is 3.41. The number of rotatable bonds is 2. The van der Waals surface area contributed by atoms with Crippen molar-refractivity contribution in [2.45, 2.75) is 36.9 Å². The molecule has 0 saturated heterocycles. The van der Waals surface area contributed by atoms with E-state index in [1.165, 1.54) is 0 Å². The van der Waals surface area contributed by atoms with Crippen molar-refractivity contribution in [3.05, 3.63) is 5.82 Å². The number of aromatic nitrogens is 3. The number of nitrogens with zero attached hydrogens (tertiary/aromatic N) is 3. The first kappa shape index (κ1) is 9.79. The highest BCUT2D eigenvalue weighted by molar-refractivity contribution is 7.99. The second kappa shape index (κ2) is 3.78. The average Bonchev–Trinajstić information content (AvgIpc) is 2.51. The minimum atomic E-state index is 0.416. The van der Waals surface area contributed by atoms with Crippen molar-refractivity contribution >= 4 is 11.8 Å². The van der Waals surface area contributed by atoms with Crippen LogP contribution < -0.4 is 5.43 Å². The number of thioether (sulfide) groups is 1. The molecule has 6 heteroatoms. The maximum absolute atomic E-state index is 5.04. The normalized spacial score (nSPS) is 25.6. The Balaban J connectivity index is 2.26. The van der Waals surface area contributed by atoms with Gasteiger partial charge in [-0.15, -0.1) is 10.2 Å². The minimum Gasteiger partial charge on any atom is -0.377 e. The van der Waals surface area contributed by atoms with Gasteiger partial charge in [-0.3, -0.25) is 0 Å². The van der Waals surface area contributed by atoms with Gasteiger partial charge in [-0.05, 0) is 6.92 Å². The fraction of sp³-hybridized carbons (Fsp3) is 0.750. The molecule has 0 saturated carbocycles. The van der Waals surface area contributed by atoms with E-state index in [1.807, 2.05) is 4.68 Å². The zero-order chi connectivity index (χ0) is 10.1. The lowest BCUT2D eigenvalue weighted by Gasteiger charge is -2.28. The maximum Gasteiger partial charge on any atom is 0.210 e. The van der Waals surface area contributed by atoms with Crippen LogP contribution in [0.3, 0.4) is 0 Å². The third-order valence-electron chi connectivity index (χ3n) is 2.30. The van der Waals surface area contributed by atoms with Gasteiger partial charge in [0.2, 0.25) is 5.16 Å². The molecule has 1 aromatic rings. The van der Waals surface area contributed by atoms with E-state index in [1.54, 1.807) is 18.9 Å². The average molecular weight is 214 g/mol. The zero-order valence-electron chi connectivity index (χ0n) is 8.52. The van der Waals surface area contributed by atoms with Gasteiger partial charge >= 0.3 is 0 Å². The van der Waals surface area contributed by atoms with Crippen LogP contribution in [0.5, 0.6) is 0 Å². The summed E-state index contributed by atoms with van der Waals surface area (Å²) in [5.41, 5.74) is 3.33. The molecular formula is C8H14N4OS. The molecule has 0 amide bonds. The highest BCUT2D eigenvalue weighted by Gasteiger charge is 2.25. The Morgan fingerprint density at radius 2 is 2.29 bits per heavy atom. The maximum atomic E-state index is 5.04. The SMILES string of the molecule is COCc1nnc2n1NC(C)C(C)S2. The predicted octanol–water partition coefficient (Wildman–Crippen LogP) is 0.851. The molecule has 0 bridgehead atoms. The van der Waals surface area contributed by atoms with Gasteiger partial charge in [-0.25, -0.2) is 4.68 Å². The van der Waals surface area contributed by atoms with Crippen molar-refractivity contribution in [3.8, 4) is 0 Å². The summed E-state index contributed by atoms with van der Waals surface area (Å²) in [6.07, 6.45) is 0. The summed E-state index contributed by atoms with van der Waals surface area (Å²) < 4.78 is 6.96. The number of hydrogen-bond donors (Lipinski definition) is 1. The Kier molecular flexibility index (Phi) is 2.64. The number of methoxy groups -OCH3 is 1. The van der Waals surface area contributed by atoms with E-state index in [2.05, 4.69) is 29.5 Å². The Morgan fingerprint density at radius 1 is 1.50 bits per heavy atom. The van der Waals surface area contributed by atoms with Crippen molar-refractivity contribution < 1.29 is 4.74 Å². The van der Waals surface area contributed by atoms with Crippen LogP contribution in [0.25, 0.3) is 0 Å². The summed E-state index contributed by atoms with van der Waals surface area (Å²) in [5.74, 6) is 0.828. The van der Waals surface area contributed by atoms with Gasteiger partial charge in [0.05, 0.1) is 6.04 Å². The van der Waals surface area contributed by atoms with Crippen LogP contribution in [0.2, 0.25) is 0 Å². The first-order chi connectivity index (χ1) is 6.72. The largest absolute Gasteiger partial charge is 0.377 e. The van der Waals surface area contributed by atoms with Crippen LogP contribution in [-0.2, 0) is 11.3 Å². The van der Waals surface area contributed by atoms with E-state index in [-0.39, 0.29) is 0 Å². The van der Waals surface area contributed by atoms with Crippen LogP contribution in [0, 0.1) is 0 Å². The molecule has 0 spiro atoms. The van der Waals surface area contributed by atoms with Crippen molar-refractivity contribution in [2.75, 3.05) is 12.5 Å². The molecule has 1 N–H and O–H groups in total. The second-order valence-corrected chi connectivity index (χ2v) is 4.75. The molecule has 0 aliphatic carbocycles. The quantitative estimate of drug-likeness (QED) is 0.791. The monoisotopic (exact) mass is 214 g/mol. The number of nitrogens with one attached hydrogen (secondary N) is 1. The molecule has 2 heterocycles. The van der Waals surface area contributed by atoms with E-state index < -0.39 is 0 Å². The molecule has 0 fully saturated rings. The first-order valence-corrected chi connectivity index (χ1v) is 5.46. The van der Waals surface area contributed by atoms with Gasteiger partial charge in [0, 0.05) is 12.4 Å². The van der Waals surface area contributed by atoms with E-state index in [9.17, 15) is 0 Å². The fourth-order valence-corrected chi connectivity index (χ4v) is 2.25. The van der Waals surface area contributed by atoms with E-state index >= 15 is 0 Å². The van der Waals surface area contributed by atoms with Gasteiger partial charge in [0.1, 0.15) is 6.61 Å². The number of hydrogen-bond acceptors (Lipinski definition) is 5. The van der Waals surface area contributed by atoms with Crippen LogP contribution in [0.4, 0.5) is 0 Å².